The first-order valence-electron chi connectivity index (χ1n) is 8.06. The Bertz CT molecular complexity index is 1030. The number of benzene rings is 1. The highest BCUT2D eigenvalue weighted by Gasteiger charge is 2.34. The van der Waals surface area contributed by atoms with Gasteiger partial charge in [-0.2, -0.15) is 4.39 Å². The molecular formula is C18H16FN3O4. The van der Waals surface area contributed by atoms with Crippen LogP contribution in [0, 0.1) is 5.82 Å². The second kappa shape index (κ2) is 5.98. The van der Waals surface area contributed by atoms with Gasteiger partial charge in [-0.1, -0.05) is 0 Å². The summed E-state index contributed by atoms with van der Waals surface area (Å²) < 4.78 is 25.2. The maximum Gasteiger partial charge on any atom is 0.339 e. The molecule has 1 saturated carbocycles. The average molecular weight is 357 g/mol. The van der Waals surface area contributed by atoms with Gasteiger partial charge < -0.3 is 19.6 Å². The first-order valence-corrected chi connectivity index (χ1v) is 8.06. The van der Waals surface area contributed by atoms with E-state index >= 15 is 0 Å². The smallest absolute Gasteiger partial charge is 0.339 e. The zero-order valence-electron chi connectivity index (χ0n) is 14.2. The monoisotopic (exact) mass is 357 g/mol. The summed E-state index contributed by atoms with van der Waals surface area (Å²) in [5.74, 6) is -1.29. The fourth-order valence-electron chi connectivity index (χ4n) is 3.25. The van der Waals surface area contributed by atoms with E-state index in [9.17, 15) is 14.3 Å². The topological polar surface area (TPSA) is 97.3 Å². The number of hydrogen-bond donors (Lipinski definition) is 2. The molecule has 0 unspecified atom stereocenters. The number of H-pyrrole nitrogens is 1. The zero-order chi connectivity index (χ0) is 18.4. The van der Waals surface area contributed by atoms with Crippen LogP contribution in [-0.2, 0) is 0 Å². The summed E-state index contributed by atoms with van der Waals surface area (Å²) in [5, 5.41) is 9.32. The van der Waals surface area contributed by atoms with E-state index in [0.29, 0.717) is 22.3 Å². The van der Waals surface area contributed by atoms with Gasteiger partial charge in [-0.25, -0.2) is 14.8 Å². The first-order chi connectivity index (χ1) is 12.6. The van der Waals surface area contributed by atoms with E-state index in [0.717, 1.165) is 18.4 Å². The summed E-state index contributed by atoms with van der Waals surface area (Å²) in [6.45, 7) is 0. The van der Waals surface area contributed by atoms with Gasteiger partial charge in [0.05, 0.1) is 25.4 Å². The van der Waals surface area contributed by atoms with Crippen LogP contribution in [0.25, 0.3) is 22.3 Å². The molecule has 0 bridgehead atoms. The van der Waals surface area contributed by atoms with Gasteiger partial charge in [0.25, 0.3) is 0 Å². The number of halogens is 1. The lowest BCUT2D eigenvalue weighted by molar-refractivity contribution is 0.0699. The normalized spacial score (nSPS) is 13.8. The number of carbonyl (C=O) groups is 1. The van der Waals surface area contributed by atoms with E-state index in [-0.39, 0.29) is 23.0 Å². The Labute approximate surface area is 147 Å². The van der Waals surface area contributed by atoms with Gasteiger partial charge in [0.1, 0.15) is 17.4 Å². The maximum atomic E-state index is 14.7. The van der Waals surface area contributed by atoms with Crippen molar-refractivity contribution in [3.8, 4) is 22.8 Å². The van der Waals surface area contributed by atoms with Gasteiger partial charge in [0.15, 0.2) is 11.5 Å². The van der Waals surface area contributed by atoms with Gasteiger partial charge in [-0.05, 0) is 24.8 Å². The Morgan fingerprint density at radius 2 is 2.08 bits per heavy atom. The molecule has 3 aromatic rings. The number of carboxylic acids is 1. The van der Waals surface area contributed by atoms with E-state index in [2.05, 4.69) is 15.0 Å². The molecule has 0 atom stereocenters. The van der Waals surface area contributed by atoms with Crippen LogP contribution in [0.4, 0.5) is 4.39 Å². The SMILES string of the molecule is COc1cc(-c2ncnc3c(C(=O)O)c[nH]c23)c(C2CC2)c(OC)c1F. The molecule has 134 valence electrons. The first kappa shape index (κ1) is 16.3. The number of aromatic amines is 1. The van der Waals surface area contributed by atoms with Crippen LogP contribution < -0.4 is 9.47 Å². The largest absolute Gasteiger partial charge is 0.494 e. The van der Waals surface area contributed by atoms with Crippen molar-refractivity contribution in [2.24, 2.45) is 0 Å². The standard InChI is InChI=1S/C18H16FN3O4/c1-25-11-5-9(12(8-3-4-8)17(26-2)13(11)19)14-16-15(22-7-21-14)10(6-20-16)18(23)24/h5-8,20H,3-4H2,1-2H3,(H,23,24). The third-order valence-corrected chi connectivity index (χ3v) is 4.58. The van der Waals surface area contributed by atoms with Gasteiger partial charge in [-0.3, -0.25) is 0 Å². The Morgan fingerprint density at radius 3 is 2.69 bits per heavy atom. The molecule has 2 heterocycles. The van der Waals surface area contributed by atoms with Crippen LogP contribution in [0.15, 0.2) is 18.6 Å². The number of methoxy groups -OCH3 is 2. The highest BCUT2D eigenvalue weighted by Crippen LogP contribution is 2.51. The molecule has 8 heteroatoms. The summed E-state index contributed by atoms with van der Waals surface area (Å²) >= 11 is 0. The van der Waals surface area contributed by atoms with Crippen molar-refractivity contribution >= 4 is 17.0 Å². The number of hydrogen-bond acceptors (Lipinski definition) is 5. The van der Waals surface area contributed by atoms with E-state index < -0.39 is 11.8 Å². The molecule has 1 fully saturated rings. The van der Waals surface area contributed by atoms with Gasteiger partial charge in [0, 0.05) is 17.3 Å². The van der Waals surface area contributed by atoms with Crippen LogP contribution in [0.5, 0.6) is 11.5 Å². The molecule has 0 spiro atoms. The van der Waals surface area contributed by atoms with E-state index in [1.165, 1.54) is 26.7 Å². The molecule has 2 aromatic heterocycles. The Morgan fingerprint density at radius 1 is 1.31 bits per heavy atom. The third kappa shape index (κ3) is 2.37. The number of fused-ring (bicyclic) bond motifs is 1. The maximum absolute atomic E-state index is 14.7. The van der Waals surface area contributed by atoms with Crippen LogP contribution in [0.1, 0.15) is 34.7 Å². The predicted molar refractivity (Wildman–Crippen MR) is 91.3 cm³/mol. The number of aromatic nitrogens is 3. The molecule has 0 radical (unpaired) electrons. The fraction of sp³-hybridized carbons (Fsp3) is 0.278. The number of rotatable bonds is 5. The molecule has 26 heavy (non-hydrogen) atoms. The fourth-order valence-corrected chi connectivity index (χ4v) is 3.25. The summed E-state index contributed by atoms with van der Waals surface area (Å²) in [6.07, 6.45) is 4.53. The quantitative estimate of drug-likeness (QED) is 0.727. The lowest BCUT2D eigenvalue weighted by atomic mass is 9.97. The minimum atomic E-state index is -1.09. The van der Waals surface area contributed by atoms with Gasteiger partial charge >= 0.3 is 5.97 Å². The molecule has 7 nitrogen and oxygen atoms in total. The number of ether oxygens (including phenoxy) is 2. The molecule has 4 rings (SSSR count). The molecule has 0 saturated heterocycles. The summed E-state index contributed by atoms with van der Waals surface area (Å²) in [5.41, 5.74) is 2.68. The van der Waals surface area contributed by atoms with E-state index in [4.69, 9.17) is 9.47 Å². The Balaban J connectivity index is 2.04. The van der Waals surface area contributed by atoms with Crippen molar-refractivity contribution in [2.75, 3.05) is 14.2 Å². The van der Waals surface area contributed by atoms with Crippen molar-refractivity contribution in [1.29, 1.82) is 0 Å². The lowest BCUT2D eigenvalue weighted by Crippen LogP contribution is -2.02. The highest BCUT2D eigenvalue weighted by molar-refractivity contribution is 6.04. The predicted octanol–water partition coefficient (Wildman–Crippen LogP) is 3.36. The summed E-state index contributed by atoms with van der Waals surface area (Å²) in [4.78, 5) is 22.7. The number of nitrogens with zero attached hydrogens (tertiary/aromatic N) is 2. The number of aromatic carboxylic acids is 1. The zero-order valence-corrected chi connectivity index (χ0v) is 14.2. The molecular weight excluding hydrogens is 341 g/mol. The Kier molecular flexibility index (Phi) is 3.75. The minimum absolute atomic E-state index is 0.0398. The molecule has 2 N–H and O–H groups in total. The molecule has 0 amide bonds. The van der Waals surface area contributed by atoms with Crippen molar-refractivity contribution in [1.82, 2.24) is 15.0 Å². The van der Waals surface area contributed by atoms with Gasteiger partial charge in [0.2, 0.25) is 5.82 Å². The molecule has 1 aromatic carbocycles. The number of carboxylic acid groups (broad SMARTS) is 1. The molecule has 1 aliphatic carbocycles. The highest BCUT2D eigenvalue weighted by atomic mass is 19.1. The van der Waals surface area contributed by atoms with E-state index in [1.54, 1.807) is 6.07 Å². The summed E-state index contributed by atoms with van der Waals surface area (Å²) in [7, 11) is 2.80. The van der Waals surface area contributed by atoms with Crippen LogP contribution >= 0.6 is 0 Å². The summed E-state index contributed by atoms with van der Waals surface area (Å²) in [6, 6.07) is 1.58. The van der Waals surface area contributed by atoms with E-state index in [1.807, 2.05) is 0 Å². The van der Waals surface area contributed by atoms with Gasteiger partial charge in [-0.15, -0.1) is 0 Å². The van der Waals surface area contributed by atoms with Crippen molar-refractivity contribution in [3.63, 3.8) is 0 Å². The molecule has 1 aliphatic rings. The minimum Gasteiger partial charge on any atom is -0.494 e. The number of nitrogens with one attached hydrogen (secondary N) is 1. The van der Waals surface area contributed by atoms with Crippen molar-refractivity contribution in [2.45, 2.75) is 18.8 Å². The molecule has 0 aliphatic heterocycles. The second-order valence-electron chi connectivity index (χ2n) is 6.11. The van der Waals surface area contributed by atoms with Crippen LogP contribution in [0.3, 0.4) is 0 Å². The lowest BCUT2D eigenvalue weighted by Gasteiger charge is -2.17. The van der Waals surface area contributed by atoms with Crippen molar-refractivity contribution in [3.05, 3.63) is 35.5 Å². The second-order valence-corrected chi connectivity index (χ2v) is 6.11. The van der Waals surface area contributed by atoms with Crippen LogP contribution in [0.2, 0.25) is 0 Å². The van der Waals surface area contributed by atoms with Crippen molar-refractivity contribution < 1.29 is 23.8 Å². The Hall–Kier alpha value is -3.16. The van der Waals surface area contributed by atoms with Crippen LogP contribution in [-0.4, -0.2) is 40.2 Å². The third-order valence-electron chi connectivity index (χ3n) is 4.58. The average Bonchev–Trinajstić information content (AvgIpc) is 3.38.